The van der Waals surface area contributed by atoms with Crippen LogP contribution in [0.15, 0.2) is 0 Å². The molecule has 0 aromatic rings. The Morgan fingerprint density at radius 3 is 2.80 bits per heavy atom. The number of nitrogens with one attached hydrogen (secondary N) is 2. The van der Waals surface area contributed by atoms with E-state index in [0.29, 0.717) is 6.04 Å². The molecule has 0 aromatic heterocycles. The molecule has 1 saturated heterocycles. The number of hydrogen-bond acceptors (Lipinski definition) is 3. The van der Waals surface area contributed by atoms with Crippen molar-refractivity contribution in [3.05, 3.63) is 0 Å². The first-order valence-electron chi connectivity index (χ1n) is 5.76. The second kappa shape index (κ2) is 6.08. The minimum atomic E-state index is 0.0604. The maximum atomic E-state index is 10.7. The molecule has 1 aliphatic rings. The highest BCUT2D eigenvalue weighted by atomic mass is 16.1. The van der Waals surface area contributed by atoms with Crippen molar-refractivity contribution in [1.82, 2.24) is 15.5 Å². The molecule has 0 radical (unpaired) electrons. The van der Waals surface area contributed by atoms with Crippen LogP contribution in [0.1, 0.15) is 20.3 Å². The Labute approximate surface area is 92.4 Å². The molecule has 1 amide bonds. The normalized spacial score (nSPS) is 27.7. The topological polar surface area (TPSA) is 44.4 Å². The highest BCUT2D eigenvalue weighted by Crippen LogP contribution is 2.15. The number of hydrogen-bond donors (Lipinski definition) is 2. The Bertz CT molecular complexity index is 208. The lowest BCUT2D eigenvalue weighted by molar-refractivity contribution is -0.119. The minimum Gasteiger partial charge on any atom is -0.355 e. The van der Waals surface area contributed by atoms with Gasteiger partial charge < -0.3 is 10.6 Å². The van der Waals surface area contributed by atoms with Crippen LogP contribution in [0.3, 0.4) is 0 Å². The molecule has 0 aromatic carbocycles. The molecule has 15 heavy (non-hydrogen) atoms. The lowest BCUT2D eigenvalue weighted by atomic mass is 9.96. The number of piperidine rings is 1. The van der Waals surface area contributed by atoms with E-state index in [1.165, 1.54) is 6.42 Å². The number of nitrogens with zero attached hydrogens (tertiary/aromatic N) is 1. The molecular weight excluding hydrogens is 190 g/mol. The highest BCUT2D eigenvalue weighted by molar-refractivity contribution is 5.72. The predicted molar refractivity (Wildman–Crippen MR) is 61.8 cm³/mol. The van der Waals surface area contributed by atoms with Gasteiger partial charge in [0.15, 0.2) is 0 Å². The van der Waals surface area contributed by atoms with E-state index >= 15 is 0 Å². The van der Waals surface area contributed by atoms with Crippen molar-refractivity contribution in [3.63, 3.8) is 0 Å². The summed E-state index contributed by atoms with van der Waals surface area (Å²) >= 11 is 0. The molecule has 2 atom stereocenters. The first kappa shape index (κ1) is 12.5. The summed E-state index contributed by atoms with van der Waals surface area (Å²) in [7, 11) is 2.02. The second-order valence-corrected chi connectivity index (χ2v) is 4.57. The van der Waals surface area contributed by atoms with Gasteiger partial charge in [-0.3, -0.25) is 9.69 Å². The van der Waals surface area contributed by atoms with E-state index < -0.39 is 0 Å². The van der Waals surface area contributed by atoms with E-state index in [4.69, 9.17) is 0 Å². The van der Waals surface area contributed by atoms with Crippen LogP contribution in [-0.2, 0) is 4.79 Å². The fraction of sp³-hybridized carbons (Fsp3) is 0.909. The average molecular weight is 213 g/mol. The largest absolute Gasteiger partial charge is 0.355 e. The van der Waals surface area contributed by atoms with E-state index in [1.807, 2.05) is 7.05 Å². The average Bonchev–Trinajstić information content (AvgIpc) is 2.16. The minimum absolute atomic E-state index is 0.0604. The number of carbonyl (C=O) groups is 1. The van der Waals surface area contributed by atoms with Crippen LogP contribution in [0.2, 0.25) is 0 Å². The predicted octanol–water partition coefficient (Wildman–Crippen LogP) is 0.0523. The number of carbonyl (C=O) groups excluding carboxylic acids is 1. The van der Waals surface area contributed by atoms with Crippen molar-refractivity contribution >= 4 is 5.91 Å². The van der Waals surface area contributed by atoms with Gasteiger partial charge in [0.2, 0.25) is 5.91 Å². The fourth-order valence-electron chi connectivity index (χ4n) is 2.24. The van der Waals surface area contributed by atoms with Crippen molar-refractivity contribution in [2.45, 2.75) is 26.3 Å². The van der Waals surface area contributed by atoms with E-state index in [9.17, 15) is 4.79 Å². The Balaban J connectivity index is 2.25. The zero-order chi connectivity index (χ0) is 11.3. The quantitative estimate of drug-likeness (QED) is 0.694. The Morgan fingerprint density at radius 2 is 2.20 bits per heavy atom. The first-order valence-corrected chi connectivity index (χ1v) is 5.76. The van der Waals surface area contributed by atoms with Gasteiger partial charge in [0, 0.05) is 39.1 Å². The van der Waals surface area contributed by atoms with Crippen molar-refractivity contribution in [3.8, 4) is 0 Å². The Morgan fingerprint density at radius 1 is 1.47 bits per heavy atom. The highest BCUT2D eigenvalue weighted by Gasteiger charge is 2.22. The second-order valence-electron chi connectivity index (χ2n) is 4.57. The molecule has 0 spiro atoms. The Hall–Kier alpha value is -0.610. The van der Waals surface area contributed by atoms with Gasteiger partial charge >= 0.3 is 0 Å². The molecule has 2 N–H and O–H groups in total. The summed E-state index contributed by atoms with van der Waals surface area (Å²) in [5.74, 6) is 0.804. The molecule has 0 saturated carbocycles. The van der Waals surface area contributed by atoms with E-state index in [2.05, 4.69) is 22.5 Å². The van der Waals surface area contributed by atoms with Gasteiger partial charge in [-0.05, 0) is 19.4 Å². The summed E-state index contributed by atoms with van der Waals surface area (Å²) < 4.78 is 0. The van der Waals surface area contributed by atoms with Crippen LogP contribution in [0.25, 0.3) is 0 Å². The van der Waals surface area contributed by atoms with Crippen LogP contribution in [-0.4, -0.2) is 50.1 Å². The van der Waals surface area contributed by atoms with E-state index in [0.717, 1.165) is 32.1 Å². The summed E-state index contributed by atoms with van der Waals surface area (Å²) in [5.41, 5.74) is 0. The lowest BCUT2D eigenvalue weighted by Gasteiger charge is -2.36. The lowest BCUT2D eigenvalue weighted by Crippen LogP contribution is -2.49. The maximum Gasteiger partial charge on any atom is 0.216 e. The van der Waals surface area contributed by atoms with Gasteiger partial charge in [-0.1, -0.05) is 6.92 Å². The smallest absolute Gasteiger partial charge is 0.216 e. The third-order valence-corrected chi connectivity index (χ3v) is 2.95. The molecule has 1 heterocycles. The number of likely N-dealkylation sites (tertiary alicyclic amines) is 1. The van der Waals surface area contributed by atoms with Gasteiger partial charge in [0.1, 0.15) is 0 Å². The van der Waals surface area contributed by atoms with Gasteiger partial charge in [-0.25, -0.2) is 0 Å². The van der Waals surface area contributed by atoms with Gasteiger partial charge in [-0.15, -0.1) is 0 Å². The SMILES string of the molecule is CNC1CC(C)CN(CCNC(C)=O)C1. The van der Waals surface area contributed by atoms with Gasteiger partial charge in [0.05, 0.1) is 0 Å². The molecule has 1 aliphatic heterocycles. The van der Waals surface area contributed by atoms with Crippen molar-refractivity contribution in [2.75, 3.05) is 33.2 Å². The van der Waals surface area contributed by atoms with Crippen LogP contribution < -0.4 is 10.6 Å². The van der Waals surface area contributed by atoms with Crippen molar-refractivity contribution in [1.29, 1.82) is 0 Å². The summed E-state index contributed by atoms with van der Waals surface area (Å²) in [6.45, 7) is 7.82. The molecule has 1 rings (SSSR count). The van der Waals surface area contributed by atoms with Crippen LogP contribution >= 0.6 is 0 Å². The fourth-order valence-corrected chi connectivity index (χ4v) is 2.24. The summed E-state index contributed by atoms with van der Waals surface area (Å²) in [6, 6.07) is 0.603. The molecule has 4 heteroatoms. The number of likely N-dealkylation sites (N-methyl/N-ethyl adjacent to an activating group) is 1. The van der Waals surface area contributed by atoms with Crippen molar-refractivity contribution < 1.29 is 4.79 Å². The zero-order valence-corrected chi connectivity index (χ0v) is 10.0. The molecule has 0 bridgehead atoms. The molecule has 0 aliphatic carbocycles. The van der Waals surface area contributed by atoms with Crippen molar-refractivity contribution in [2.24, 2.45) is 5.92 Å². The monoisotopic (exact) mass is 213 g/mol. The summed E-state index contributed by atoms with van der Waals surface area (Å²) in [5, 5.41) is 6.17. The third-order valence-electron chi connectivity index (χ3n) is 2.95. The zero-order valence-electron chi connectivity index (χ0n) is 10.0. The molecule has 4 nitrogen and oxygen atoms in total. The Kier molecular flexibility index (Phi) is 5.05. The first-order chi connectivity index (χ1) is 7.11. The van der Waals surface area contributed by atoms with E-state index in [1.54, 1.807) is 6.92 Å². The molecule has 88 valence electrons. The maximum absolute atomic E-state index is 10.7. The molecular formula is C11H23N3O. The third kappa shape index (κ3) is 4.62. The standard InChI is InChI=1S/C11H23N3O/c1-9-6-11(12-3)8-14(7-9)5-4-13-10(2)15/h9,11-12H,4-8H2,1-3H3,(H,13,15). The number of rotatable bonds is 4. The van der Waals surface area contributed by atoms with Gasteiger partial charge in [0.25, 0.3) is 0 Å². The van der Waals surface area contributed by atoms with E-state index in [-0.39, 0.29) is 5.91 Å². The van der Waals surface area contributed by atoms with Gasteiger partial charge in [-0.2, -0.15) is 0 Å². The summed E-state index contributed by atoms with van der Waals surface area (Å²) in [4.78, 5) is 13.2. The van der Waals surface area contributed by atoms with Crippen LogP contribution in [0, 0.1) is 5.92 Å². The summed E-state index contributed by atoms with van der Waals surface area (Å²) in [6.07, 6.45) is 1.26. The molecule has 2 unspecified atom stereocenters. The number of amides is 1. The van der Waals surface area contributed by atoms with Crippen LogP contribution in [0.5, 0.6) is 0 Å². The van der Waals surface area contributed by atoms with Crippen LogP contribution in [0.4, 0.5) is 0 Å². The molecule has 1 fully saturated rings.